The average Bonchev–Trinajstić information content (AvgIpc) is 2.37. The summed E-state index contributed by atoms with van der Waals surface area (Å²) in [4.78, 5) is 11.3. The van der Waals surface area contributed by atoms with Crippen LogP contribution in [0.2, 0.25) is 0 Å². The number of hydrogen-bond donors (Lipinski definition) is 2. The Kier molecular flexibility index (Phi) is 3.41. The van der Waals surface area contributed by atoms with E-state index in [1.807, 2.05) is 6.92 Å². The molecule has 2 N–H and O–H groups in total. The van der Waals surface area contributed by atoms with Gasteiger partial charge in [-0.25, -0.2) is 4.79 Å². The van der Waals surface area contributed by atoms with Gasteiger partial charge in [0.15, 0.2) is 17.1 Å². The lowest BCUT2D eigenvalue weighted by Gasteiger charge is -2.08. The third-order valence-electron chi connectivity index (χ3n) is 2.60. The molecule has 1 heterocycles. The first-order chi connectivity index (χ1) is 8.65. The molecule has 0 atom stereocenters. The van der Waals surface area contributed by atoms with Gasteiger partial charge in [-0.05, 0) is 18.6 Å². The lowest BCUT2D eigenvalue weighted by Crippen LogP contribution is -2.01. The van der Waals surface area contributed by atoms with E-state index < -0.39 is 17.1 Å². The molecular formula is C13H14O5. The topological polar surface area (TPSA) is 79.9 Å². The van der Waals surface area contributed by atoms with Crippen molar-refractivity contribution in [3.63, 3.8) is 0 Å². The zero-order valence-corrected chi connectivity index (χ0v) is 9.97. The molecule has 0 aliphatic rings. The zero-order valence-electron chi connectivity index (χ0n) is 9.97. The standard InChI is InChI=1S/C13H14O5/c1-2-3-7-17-9-6-4-5-8-10(14)11(15)13(16)18-12(8)9/h4-6,14-15H,2-3,7H2,1H3. The van der Waals surface area contributed by atoms with Crippen LogP contribution in [0, 0.1) is 0 Å². The van der Waals surface area contributed by atoms with Crippen LogP contribution >= 0.6 is 0 Å². The van der Waals surface area contributed by atoms with Crippen molar-refractivity contribution in [2.45, 2.75) is 19.8 Å². The van der Waals surface area contributed by atoms with Crippen molar-refractivity contribution in [1.82, 2.24) is 0 Å². The maximum Gasteiger partial charge on any atom is 0.382 e. The molecule has 0 aliphatic heterocycles. The van der Waals surface area contributed by atoms with Crippen LogP contribution in [0.15, 0.2) is 27.4 Å². The van der Waals surface area contributed by atoms with E-state index in [2.05, 4.69) is 0 Å². The maximum atomic E-state index is 11.3. The Hall–Kier alpha value is -2.17. The van der Waals surface area contributed by atoms with Gasteiger partial charge in [-0.15, -0.1) is 0 Å². The van der Waals surface area contributed by atoms with Crippen LogP contribution in [0.25, 0.3) is 11.0 Å². The number of aromatic hydroxyl groups is 2. The predicted octanol–water partition coefficient (Wildman–Crippen LogP) is 2.38. The summed E-state index contributed by atoms with van der Waals surface area (Å²) in [5.74, 6) is -0.885. The van der Waals surface area contributed by atoms with Crippen LogP contribution < -0.4 is 10.4 Å². The lowest BCUT2D eigenvalue weighted by atomic mass is 10.2. The van der Waals surface area contributed by atoms with Gasteiger partial charge in [-0.1, -0.05) is 19.4 Å². The fourth-order valence-electron chi connectivity index (χ4n) is 1.61. The molecule has 0 fully saturated rings. The summed E-state index contributed by atoms with van der Waals surface area (Å²) in [5.41, 5.74) is -0.833. The highest BCUT2D eigenvalue weighted by molar-refractivity contribution is 5.89. The zero-order chi connectivity index (χ0) is 13.1. The summed E-state index contributed by atoms with van der Waals surface area (Å²) >= 11 is 0. The Morgan fingerprint density at radius 2 is 2.06 bits per heavy atom. The Bertz CT molecular complexity index is 615. The van der Waals surface area contributed by atoms with E-state index in [1.165, 1.54) is 0 Å². The van der Waals surface area contributed by atoms with Crippen LogP contribution in [0.4, 0.5) is 0 Å². The van der Waals surface area contributed by atoms with E-state index in [-0.39, 0.29) is 11.0 Å². The van der Waals surface area contributed by atoms with Crippen molar-refractivity contribution in [2.75, 3.05) is 6.61 Å². The molecular weight excluding hydrogens is 236 g/mol. The molecule has 5 heteroatoms. The van der Waals surface area contributed by atoms with E-state index in [1.54, 1.807) is 18.2 Å². The molecule has 1 aromatic carbocycles. The first-order valence-electron chi connectivity index (χ1n) is 5.75. The van der Waals surface area contributed by atoms with Gasteiger partial charge in [-0.2, -0.15) is 0 Å². The van der Waals surface area contributed by atoms with E-state index in [4.69, 9.17) is 9.15 Å². The van der Waals surface area contributed by atoms with Crippen molar-refractivity contribution < 1.29 is 19.4 Å². The van der Waals surface area contributed by atoms with Crippen molar-refractivity contribution in [2.24, 2.45) is 0 Å². The van der Waals surface area contributed by atoms with Crippen LogP contribution in [0.3, 0.4) is 0 Å². The third-order valence-corrected chi connectivity index (χ3v) is 2.60. The molecule has 0 saturated carbocycles. The summed E-state index contributed by atoms with van der Waals surface area (Å²) < 4.78 is 10.4. The minimum absolute atomic E-state index is 0.147. The number of para-hydroxylation sites is 1. The van der Waals surface area contributed by atoms with Crippen molar-refractivity contribution >= 4 is 11.0 Å². The Morgan fingerprint density at radius 3 is 2.78 bits per heavy atom. The van der Waals surface area contributed by atoms with Crippen LogP contribution in [0.5, 0.6) is 17.2 Å². The second-order valence-electron chi connectivity index (χ2n) is 3.92. The SMILES string of the molecule is CCCCOc1cccc2c(O)c(O)c(=O)oc12. The number of rotatable bonds is 4. The van der Waals surface area contributed by atoms with Gasteiger partial charge in [0.2, 0.25) is 5.75 Å². The van der Waals surface area contributed by atoms with Gasteiger partial charge >= 0.3 is 5.63 Å². The number of ether oxygens (including phenoxy) is 1. The summed E-state index contributed by atoms with van der Waals surface area (Å²) in [6, 6.07) is 4.85. The molecule has 0 saturated heterocycles. The summed E-state index contributed by atoms with van der Waals surface area (Å²) in [5, 5.41) is 19.2. The number of fused-ring (bicyclic) bond motifs is 1. The highest BCUT2D eigenvalue weighted by atomic mass is 16.5. The van der Waals surface area contributed by atoms with Gasteiger partial charge in [0.05, 0.1) is 12.0 Å². The van der Waals surface area contributed by atoms with Gasteiger partial charge in [-0.3, -0.25) is 0 Å². The van der Waals surface area contributed by atoms with Gasteiger partial charge in [0, 0.05) is 0 Å². The van der Waals surface area contributed by atoms with Crippen LogP contribution in [-0.4, -0.2) is 16.8 Å². The fourth-order valence-corrected chi connectivity index (χ4v) is 1.61. The Balaban J connectivity index is 2.52. The first kappa shape index (κ1) is 12.3. The minimum atomic E-state index is -0.980. The fraction of sp³-hybridized carbons (Fsp3) is 0.308. The van der Waals surface area contributed by atoms with Crippen LogP contribution in [-0.2, 0) is 0 Å². The third kappa shape index (κ3) is 2.11. The minimum Gasteiger partial charge on any atom is -0.504 e. The quantitative estimate of drug-likeness (QED) is 0.643. The molecule has 0 amide bonds. The van der Waals surface area contributed by atoms with Crippen molar-refractivity contribution in [1.29, 1.82) is 0 Å². The number of benzene rings is 1. The average molecular weight is 250 g/mol. The predicted molar refractivity (Wildman–Crippen MR) is 66.2 cm³/mol. The molecule has 2 rings (SSSR count). The van der Waals surface area contributed by atoms with Gasteiger partial charge in [0.1, 0.15) is 0 Å². The van der Waals surface area contributed by atoms with Crippen molar-refractivity contribution in [3.05, 3.63) is 28.6 Å². The second-order valence-corrected chi connectivity index (χ2v) is 3.92. The highest BCUT2D eigenvalue weighted by Gasteiger charge is 2.15. The highest BCUT2D eigenvalue weighted by Crippen LogP contribution is 2.34. The van der Waals surface area contributed by atoms with E-state index in [0.717, 1.165) is 12.8 Å². The second kappa shape index (κ2) is 5.00. The largest absolute Gasteiger partial charge is 0.504 e. The molecule has 0 spiro atoms. The van der Waals surface area contributed by atoms with E-state index in [0.29, 0.717) is 12.4 Å². The molecule has 0 bridgehead atoms. The first-order valence-corrected chi connectivity index (χ1v) is 5.75. The Labute approximate surface area is 103 Å². The smallest absolute Gasteiger partial charge is 0.382 e. The lowest BCUT2D eigenvalue weighted by molar-refractivity contribution is 0.305. The summed E-state index contributed by atoms with van der Waals surface area (Å²) in [7, 11) is 0. The van der Waals surface area contributed by atoms with Crippen LogP contribution in [0.1, 0.15) is 19.8 Å². The van der Waals surface area contributed by atoms with Gasteiger partial charge < -0.3 is 19.4 Å². The molecule has 5 nitrogen and oxygen atoms in total. The monoisotopic (exact) mass is 250 g/mol. The summed E-state index contributed by atoms with van der Waals surface area (Å²) in [6.07, 6.45) is 1.87. The number of hydrogen-bond acceptors (Lipinski definition) is 5. The number of unbranched alkanes of at least 4 members (excludes halogenated alkanes) is 1. The van der Waals surface area contributed by atoms with Crippen molar-refractivity contribution in [3.8, 4) is 17.2 Å². The van der Waals surface area contributed by atoms with E-state index in [9.17, 15) is 15.0 Å². The molecule has 1 aromatic heterocycles. The molecule has 0 aliphatic carbocycles. The Morgan fingerprint density at radius 1 is 1.28 bits per heavy atom. The van der Waals surface area contributed by atoms with Gasteiger partial charge in [0.25, 0.3) is 0 Å². The normalized spacial score (nSPS) is 10.7. The molecule has 0 unspecified atom stereocenters. The molecule has 96 valence electrons. The molecule has 0 radical (unpaired) electrons. The summed E-state index contributed by atoms with van der Waals surface area (Å²) in [6.45, 7) is 2.54. The molecule has 18 heavy (non-hydrogen) atoms. The molecule has 2 aromatic rings. The maximum absolute atomic E-state index is 11.3. The van der Waals surface area contributed by atoms with E-state index >= 15 is 0 Å².